The second kappa shape index (κ2) is 3.62. The molecule has 0 spiro atoms. The predicted molar refractivity (Wildman–Crippen MR) is 47.3 cm³/mol. The van der Waals surface area contributed by atoms with Gasteiger partial charge in [0.15, 0.2) is 0 Å². The maximum absolute atomic E-state index is 10.4. The highest BCUT2D eigenvalue weighted by molar-refractivity contribution is 7.81. The van der Waals surface area contributed by atoms with E-state index in [-0.39, 0.29) is 0 Å². The predicted octanol–water partition coefficient (Wildman–Crippen LogP) is 0.346. The highest BCUT2D eigenvalue weighted by Gasteiger charge is 2.13. The molecule has 1 aromatic rings. The maximum Gasteiger partial charge on any atom is 0.316 e. The van der Waals surface area contributed by atoms with Crippen LogP contribution in [0.15, 0.2) is 12.5 Å². The normalized spacial score (nSPS) is 12.8. The monoisotopic (exact) mass is 186 g/mol. The molecule has 4 nitrogen and oxygen atoms in total. The van der Waals surface area contributed by atoms with Gasteiger partial charge in [-0.3, -0.25) is 4.79 Å². The number of aromatic nitrogens is 2. The van der Waals surface area contributed by atoms with Crippen LogP contribution < -0.4 is 0 Å². The quantitative estimate of drug-likeness (QED) is 0.669. The lowest BCUT2D eigenvalue weighted by atomic mass is 10.2. The van der Waals surface area contributed by atoms with Gasteiger partial charge < -0.3 is 9.67 Å². The Hall–Kier alpha value is -0.970. The summed E-state index contributed by atoms with van der Waals surface area (Å²) in [6, 6.07) is 0. The molecular formula is C7H10N2O2S. The lowest BCUT2D eigenvalue weighted by Crippen LogP contribution is -2.17. The van der Waals surface area contributed by atoms with Crippen LogP contribution in [0.3, 0.4) is 0 Å². The number of carboxylic acids is 1. The Morgan fingerprint density at radius 3 is 3.00 bits per heavy atom. The van der Waals surface area contributed by atoms with Crippen molar-refractivity contribution in [1.82, 2.24) is 9.55 Å². The lowest BCUT2D eigenvalue weighted by Gasteiger charge is -2.04. The fourth-order valence-electron chi connectivity index (χ4n) is 0.867. The molecule has 1 heterocycles. The third-order valence-corrected chi connectivity index (χ3v) is 2.01. The van der Waals surface area contributed by atoms with E-state index < -0.39 is 11.2 Å². The Bertz CT molecular complexity index is 285. The Labute approximate surface area is 75.6 Å². The van der Waals surface area contributed by atoms with Crippen LogP contribution in [0.1, 0.15) is 5.69 Å². The summed E-state index contributed by atoms with van der Waals surface area (Å²) in [6.45, 7) is 0. The van der Waals surface area contributed by atoms with Crippen molar-refractivity contribution in [3.8, 4) is 0 Å². The molecule has 0 bridgehead atoms. The van der Waals surface area contributed by atoms with Gasteiger partial charge in [0.1, 0.15) is 5.25 Å². The van der Waals surface area contributed by atoms with Gasteiger partial charge in [-0.2, -0.15) is 12.6 Å². The summed E-state index contributed by atoms with van der Waals surface area (Å²) in [7, 11) is 1.82. The third kappa shape index (κ3) is 2.01. The van der Waals surface area contributed by atoms with Crippen LogP contribution >= 0.6 is 12.6 Å². The van der Waals surface area contributed by atoms with Gasteiger partial charge in [-0.05, 0) is 0 Å². The van der Waals surface area contributed by atoms with Gasteiger partial charge in [0, 0.05) is 25.4 Å². The van der Waals surface area contributed by atoms with Crippen molar-refractivity contribution in [3.63, 3.8) is 0 Å². The zero-order valence-corrected chi connectivity index (χ0v) is 7.53. The van der Waals surface area contributed by atoms with E-state index in [0.29, 0.717) is 6.42 Å². The van der Waals surface area contributed by atoms with E-state index in [2.05, 4.69) is 17.6 Å². The van der Waals surface area contributed by atoms with E-state index in [0.717, 1.165) is 5.69 Å². The maximum atomic E-state index is 10.4. The van der Waals surface area contributed by atoms with Crippen molar-refractivity contribution < 1.29 is 9.90 Å². The first-order valence-corrected chi connectivity index (χ1v) is 3.99. The Morgan fingerprint density at radius 1 is 1.92 bits per heavy atom. The molecule has 0 aliphatic carbocycles. The van der Waals surface area contributed by atoms with Crippen LogP contribution in [0.25, 0.3) is 0 Å². The first kappa shape index (κ1) is 9.12. The fraction of sp³-hybridized carbons (Fsp3) is 0.429. The van der Waals surface area contributed by atoms with Crippen LogP contribution in [0.4, 0.5) is 0 Å². The molecule has 0 saturated heterocycles. The second-order valence-corrected chi connectivity index (χ2v) is 3.18. The number of carboxylic acid groups (broad SMARTS) is 1. The molecule has 1 N–H and O–H groups in total. The van der Waals surface area contributed by atoms with Gasteiger partial charge in [-0.15, -0.1) is 0 Å². The summed E-state index contributed by atoms with van der Waals surface area (Å²) < 4.78 is 1.78. The lowest BCUT2D eigenvalue weighted by molar-refractivity contribution is -0.136. The fourth-order valence-corrected chi connectivity index (χ4v) is 1.05. The largest absolute Gasteiger partial charge is 0.480 e. The Balaban J connectivity index is 2.64. The van der Waals surface area contributed by atoms with Crippen molar-refractivity contribution in [2.75, 3.05) is 0 Å². The first-order valence-electron chi connectivity index (χ1n) is 3.47. The molecule has 1 aromatic heterocycles. The van der Waals surface area contributed by atoms with E-state index in [4.69, 9.17) is 5.11 Å². The number of hydrogen-bond donors (Lipinski definition) is 2. The summed E-state index contributed by atoms with van der Waals surface area (Å²) >= 11 is 3.92. The highest BCUT2D eigenvalue weighted by Crippen LogP contribution is 2.06. The van der Waals surface area contributed by atoms with E-state index >= 15 is 0 Å². The van der Waals surface area contributed by atoms with Crippen molar-refractivity contribution >= 4 is 18.6 Å². The number of hydrogen-bond acceptors (Lipinski definition) is 3. The topological polar surface area (TPSA) is 55.1 Å². The molecule has 1 unspecified atom stereocenters. The molecule has 5 heteroatoms. The van der Waals surface area contributed by atoms with Crippen LogP contribution in [-0.4, -0.2) is 25.9 Å². The van der Waals surface area contributed by atoms with Crippen molar-refractivity contribution in [1.29, 1.82) is 0 Å². The zero-order chi connectivity index (χ0) is 9.14. The van der Waals surface area contributed by atoms with Crippen molar-refractivity contribution in [2.45, 2.75) is 11.7 Å². The van der Waals surface area contributed by atoms with Gasteiger partial charge in [-0.25, -0.2) is 4.98 Å². The summed E-state index contributed by atoms with van der Waals surface area (Å²) in [5.74, 6) is -0.903. The van der Waals surface area contributed by atoms with Crippen LogP contribution in [0.2, 0.25) is 0 Å². The van der Waals surface area contributed by atoms with Crippen molar-refractivity contribution in [3.05, 3.63) is 18.2 Å². The molecule has 0 radical (unpaired) electrons. The molecule has 0 aliphatic heterocycles. The average molecular weight is 186 g/mol. The number of nitrogens with zero attached hydrogens (tertiary/aromatic N) is 2. The van der Waals surface area contributed by atoms with E-state index in [1.807, 2.05) is 7.05 Å². The Morgan fingerprint density at radius 2 is 2.58 bits per heavy atom. The number of carbonyl (C=O) groups is 1. The SMILES string of the molecule is Cn1cncc1CC(S)C(=O)O. The zero-order valence-electron chi connectivity index (χ0n) is 6.64. The van der Waals surface area contributed by atoms with Crippen LogP contribution in [0.5, 0.6) is 0 Å². The number of aryl methyl sites for hydroxylation is 1. The molecule has 0 aliphatic rings. The minimum Gasteiger partial charge on any atom is -0.480 e. The van der Waals surface area contributed by atoms with Gasteiger partial charge in [0.05, 0.1) is 6.33 Å². The molecular weight excluding hydrogens is 176 g/mol. The molecule has 12 heavy (non-hydrogen) atoms. The average Bonchev–Trinajstić information content (AvgIpc) is 2.36. The van der Waals surface area contributed by atoms with Gasteiger partial charge in [0.25, 0.3) is 0 Å². The first-order chi connectivity index (χ1) is 5.61. The summed E-state index contributed by atoms with van der Waals surface area (Å²) in [5.41, 5.74) is 0.873. The van der Waals surface area contributed by atoms with Gasteiger partial charge in [0.2, 0.25) is 0 Å². The minimum atomic E-state index is -0.903. The molecule has 0 saturated carbocycles. The summed E-state index contributed by atoms with van der Waals surface area (Å²) in [4.78, 5) is 14.3. The van der Waals surface area contributed by atoms with Crippen LogP contribution in [0, 0.1) is 0 Å². The molecule has 0 fully saturated rings. The Kier molecular flexibility index (Phi) is 2.75. The molecule has 0 amide bonds. The van der Waals surface area contributed by atoms with Crippen molar-refractivity contribution in [2.24, 2.45) is 7.05 Å². The number of aliphatic carboxylic acids is 1. The molecule has 0 aromatic carbocycles. The smallest absolute Gasteiger partial charge is 0.316 e. The van der Waals surface area contributed by atoms with Gasteiger partial charge in [-0.1, -0.05) is 0 Å². The summed E-state index contributed by atoms with van der Waals surface area (Å²) in [5, 5.41) is 7.91. The van der Waals surface area contributed by atoms with Crippen LogP contribution in [-0.2, 0) is 18.3 Å². The summed E-state index contributed by atoms with van der Waals surface area (Å²) in [6.07, 6.45) is 3.68. The number of imidazole rings is 1. The third-order valence-electron chi connectivity index (χ3n) is 1.60. The second-order valence-electron chi connectivity index (χ2n) is 2.55. The molecule has 1 rings (SSSR count). The molecule has 66 valence electrons. The number of thiol groups is 1. The minimum absolute atomic E-state index is 0.398. The molecule has 1 atom stereocenters. The van der Waals surface area contributed by atoms with E-state index in [1.165, 1.54) is 0 Å². The number of rotatable bonds is 3. The van der Waals surface area contributed by atoms with E-state index in [1.54, 1.807) is 17.1 Å². The van der Waals surface area contributed by atoms with E-state index in [9.17, 15) is 4.79 Å². The standard InChI is InChI=1S/C7H10N2O2S/c1-9-4-8-3-5(9)2-6(12)7(10)11/h3-4,6,12H,2H2,1H3,(H,10,11). The highest BCUT2D eigenvalue weighted by atomic mass is 32.1. The van der Waals surface area contributed by atoms with Gasteiger partial charge >= 0.3 is 5.97 Å².